The third-order valence-corrected chi connectivity index (χ3v) is 9.42. The van der Waals surface area contributed by atoms with Crippen LogP contribution in [-0.4, -0.2) is 53.0 Å². The second-order valence-corrected chi connectivity index (χ2v) is 13.0. The van der Waals surface area contributed by atoms with Crippen molar-refractivity contribution >= 4 is 39.0 Å². The van der Waals surface area contributed by atoms with Crippen LogP contribution in [0.2, 0.25) is 0 Å². The van der Waals surface area contributed by atoms with Gasteiger partial charge in [-0.25, -0.2) is 4.98 Å². The standard InChI is InChI=1S/C33H49N3O3S/c1-7-36(8-2)21-23(5)30(38)17-16-28(25-12-10-9-11-13-25)35-33(39)27(18-24(6)37)20-32-34-29-15-14-26(22(3)4)19-31(29)40-32/h14-15,19,22,25,27-28H,5,7-13,16-18,20-21H2,1-4,6H3,(H,35,39)/t27-,28+/m0/s1. The van der Waals surface area contributed by atoms with Gasteiger partial charge in [-0.2, -0.15) is 0 Å². The Bertz CT molecular complexity index is 1160. The molecule has 0 unspecified atom stereocenters. The topological polar surface area (TPSA) is 79.4 Å². The number of benzene rings is 1. The number of nitrogens with one attached hydrogen (secondary N) is 1. The summed E-state index contributed by atoms with van der Waals surface area (Å²) in [5.41, 5.74) is 2.85. The molecule has 0 saturated heterocycles. The number of aromatic nitrogens is 1. The monoisotopic (exact) mass is 567 g/mol. The van der Waals surface area contributed by atoms with Crippen LogP contribution in [0.15, 0.2) is 30.4 Å². The van der Waals surface area contributed by atoms with Crippen LogP contribution < -0.4 is 5.32 Å². The Hall–Kier alpha value is -2.38. The molecule has 0 spiro atoms. The summed E-state index contributed by atoms with van der Waals surface area (Å²) in [6.45, 7) is 16.5. The molecule has 3 rings (SSSR count). The van der Waals surface area contributed by atoms with Gasteiger partial charge in [-0.1, -0.05) is 59.6 Å². The molecule has 40 heavy (non-hydrogen) atoms. The van der Waals surface area contributed by atoms with Gasteiger partial charge in [0, 0.05) is 37.4 Å². The minimum atomic E-state index is -0.470. The van der Waals surface area contributed by atoms with Gasteiger partial charge in [-0.05, 0) is 68.8 Å². The Morgan fingerprint density at radius 2 is 1.82 bits per heavy atom. The Morgan fingerprint density at radius 3 is 2.45 bits per heavy atom. The number of amides is 1. The second kappa shape index (κ2) is 15.6. The van der Waals surface area contributed by atoms with E-state index >= 15 is 0 Å². The highest BCUT2D eigenvalue weighted by molar-refractivity contribution is 7.18. The summed E-state index contributed by atoms with van der Waals surface area (Å²) >= 11 is 1.61. The van der Waals surface area contributed by atoms with E-state index in [0.717, 1.165) is 54.0 Å². The van der Waals surface area contributed by atoms with Crippen LogP contribution in [0.1, 0.15) is 102 Å². The molecule has 1 aliphatic rings. The lowest BCUT2D eigenvalue weighted by atomic mass is 9.81. The number of likely N-dealkylation sites (N-methyl/N-ethyl adjacent to an activating group) is 1. The quantitative estimate of drug-likeness (QED) is 0.224. The Kier molecular flexibility index (Phi) is 12.5. The zero-order chi connectivity index (χ0) is 29.2. The van der Waals surface area contributed by atoms with E-state index in [2.05, 4.69) is 62.7 Å². The third-order valence-electron chi connectivity index (χ3n) is 8.38. The van der Waals surface area contributed by atoms with Gasteiger partial charge in [-0.3, -0.25) is 14.5 Å². The van der Waals surface area contributed by atoms with Crippen molar-refractivity contribution < 1.29 is 14.4 Å². The summed E-state index contributed by atoms with van der Waals surface area (Å²) in [4.78, 5) is 45.9. The number of thiazole rings is 1. The van der Waals surface area contributed by atoms with E-state index in [-0.39, 0.29) is 29.9 Å². The molecule has 0 bridgehead atoms. The molecular weight excluding hydrogens is 518 g/mol. The van der Waals surface area contributed by atoms with E-state index in [4.69, 9.17) is 4.98 Å². The summed E-state index contributed by atoms with van der Waals surface area (Å²) in [7, 11) is 0. The molecule has 2 aromatic rings. The van der Waals surface area contributed by atoms with Crippen molar-refractivity contribution in [3.63, 3.8) is 0 Å². The Labute approximate surface area is 245 Å². The first-order valence-corrected chi connectivity index (χ1v) is 16.0. The maximum Gasteiger partial charge on any atom is 0.224 e. The lowest BCUT2D eigenvalue weighted by Crippen LogP contribution is -2.45. The van der Waals surface area contributed by atoms with Crippen molar-refractivity contribution in [1.29, 1.82) is 0 Å². The highest BCUT2D eigenvalue weighted by atomic mass is 32.1. The SMILES string of the molecule is C=C(CN(CC)CC)C(=O)CC[C@@H](NC(=O)[C@@H](CC(C)=O)Cc1nc2ccc(C(C)C)cc2s1)C1CCCCC1. The molecule has 2 atom stereocenters. The van der Waals surface area contributed by atoms with Gasteiger partial charge in [0.25, 0.3) is 0 Å². The highest BCUT2D eigenvalue weighted by Crippen LogP contribution is 2.31. The molecule has 1 aromatic carbocycles. The number of Topliss-reactive ketones (excluding diaryl/α,β-unsaturated/α-hetero) is 2. The van der Waals surface area contributed by atoms with Crippen molar-refractivity contribution in [2.45, 2.75) is 104 Å². The minimum Gasteiger partial charge on any atom is -0.353 e. The van der Waals surface area contributed by atoms with E-state index in [1.807, 2.05) is 0 Å². The molecule has 1 saturated carbocycles. The van der Waals surface area contributed by atoms with Crippen molar-refractivity contribution in [2.75, 3.05) is 19.6 Å². The van der Waals surface area contributed by atoms with E-state index in [0.29, 0.717) is 43.2 Å². The van der Waals surface area contributed by atoms with Gasteiger partial charge in [-0.15, -0.1) is 11.3 Å². The molecular formula is C33H49N3O3S. The van der Waals surface area contributed by atoms with Crippen molar-refractivity contribution in [3.8, 4) is 0 Å². The number of ketones is 2. The molecule has 220 valence electrons. The molecule has 1 aromatic heterocycles. The van der Waals surface area contributed by atoms with Gasteiger partial charge in [0.2, 0.25) is 5.91 Å². The van der Waals surface area contributed by atoms with Crippen LogP contribution in [0.25, 0.3) is 10.2 Å². The molecule has 6 nitrogen and oxygen atoms in total. The van der Waals surface area contributed by atoms with Crippen molar-refractivity contribution in [3.05, 3.63) is 40.9 Å². The van der Waals surface area contributed by atoms with E-state index in [1.165, 1.54) is 12.0 Å². The Morgan fingerprint density at radius 1 is 1.12 bits per heavy atom. The zero-order valence-corrected chi connectivity index (χ0v) is 26.1. The summed E-state index contributed by atoms with van der Waals surface area (Å²) < 4.78 is 1.12. The normalized spacial score (nSPS) is 15.9. The summed E-state index contributed by atoms with van der Waals surface area (Å²) in [5, 5.41) is 4.20. The third kappa shape index (κ3) is 9.34. The van der Waals surface area contributed by atoms with E-state index in [1.54, 1.807) is 18.3 Å². The van der Waals surface area contributed by atoms with Crippen molar-refractivity contribution in [2.24, 2.45) is 11.8 Å². The largest absolute Gasteiger partial charge is 0.353 e. The highest BCUT2D eigenvalue weighted by Gasteiger charge is 2.30. The van der Waals surface area contributed by atoms with Gasteiger partial charge < -0.3 is 10.1 Å². The second-order valence-electron chi connectivity index (χ2n) is 11.8. The molecule has 1 aliphatic carbocycles. The van der Waals surface area contributed by atoms with Crippen LogP contribution >= 0.6 is 11.3 Å². The molecule has 1 amide bonds. The minimum absolute atomic E-state index is 0.000418. The predicted octanol–water partition coefficient (Wildman–Crippen LogP) is 6.87. The number of carbonyl (C=O) groups excluding carboxylic acids is 3. The maximum atomic E-state index is 13.7. The average molecular weight is 568 g/mol. The molecule has 1 heterocycles. The number of carbonyl (C=O) groups is 3. The first kappa shape index (κ1) is 32.1. The van der Waals surface area contributed by atoms with Crippen LogP contribution in [-0.2, 0) is 20.8 Å². The first-order chi connectivity index (χ1) is 19.1. The number of hydrogen-bond donors (Lipinski definition) is 1. The molecule has 0 radical (unpaired) electrons. The van der Waals surface area contributed by atoms with Crippen LogP contribution in [0.4, 0.5) is 0 Å². The number of rotatable bonds is 16. The average Bonchev–Trinajstić information content (AvgIpc) is 3.34. The fourth-order valence-corrected chi connectivity index (χ4v) is 6.88. The Balaban J connectivity index is 1.72. The lowest BCUT2D eigenvalue weighted by molar-refractivity contribution is -0.130. The van der Waals surface area contributed by atoms with E-state index in [9.17, 15) is 14.4 Å². The molecule has 1 N–H and O–H groups in total. The van der Waals surface area contributed by atoms with E-state index < -0.39 is 5.92 Å². The maximum absolute atomic E-state index is 13.7. The fraction of sp³-hybridized carbons (Fsp3) is 0.636. The first-order valence-electron chi connectivity index (χ1n) is 15.2. The number of hydrogen-bond acceptors (Lipinski definition) is 6. The number of nitrogens with zero attached hydrogens (tertiary/aromatic N) is 2. The summed E-state index contributed by atoms with van der Waals surface area (Å²) in [6, 6.07) is 6.28. The predicted molar refractivity (Wildman–Crippen MR) is 166 cm³/mol. The lowest BCUT2D eigenvalue weighted by Gasteiger charge is -2.32. The van der Waals surface area contributed by atoms with Crippen LogP contribution in [0.3, 0.4) is 0 Å². The smallest absolute Gasteiger partial charge is 0.224 e. The van der Waals surface area contributed by atoms with Crippen molar-refractivity contribution in [1.82, 2.24) is 15.2 Å². The number of fused-ring (bicyclic) bond motifs is 1. The van der Waals surface area contributed by atoms with Crippen LogP contribution in [0.5, 0.6) is 0 Å². The van der Waals surface area contributed by atoms with Gasteiger partial charge in [0.1, 0.15) is 5.78 Å². The van der Waals surface area contributed by atoms with Gasteiger partial charge >= 0.3 is 0 Å². The summed E-state index contributed by atoms with van der Waals surface area (Å²) in [6.07, 6.45) is 7.28. The fourth-order valence-electron chi connectivity index (χ4n) is 5.78. The molecule has 7 heteroatoms. The summed E-state index contributed by atoms with van der Waals surface area (Å²) in [5.74, 6) is 0.308. The van der Waals surface area contributed by atoms with Gasteiger partial charge in [0.15, 0.2) is 5.78 Å². The molecule has 0 aliphatic heterocycles. The van der Waals surface area contributed by atoms with Crippen LogP contribution in [0, 0.1) is 11.8 Å². The molecule has 1 fully saturated rings. The zero-order valence-electron chi connectivity index (χ0n) is 25.3. The van der Waals surface area contributed by atoms with Gasteiger partial charge in [0.05, 0.1) is 21.1 Å².